The molecule has 0 spiro atoms. The molecule has 7 nitrogen and oxygen atoms in total. The molecule has 0 aliphatic carbocycles. The fraction of sp³-hybridized carbons (Fsp3) is 0.429. The number of carboxylic acid groups (broad SMARTS) is 1. The first-order valence-electron chi connectivity index (χ1n) is 6.71. The third-order valence-electron chi connectivity index (χ3n) is 3.27. The van der Waals surface area contributed by atoms with E-state index in [9.17, 15) is 9.59 Å². The molecule has 2 rings (SSSR count). The molecule has 1 atom stereocenters. The van der Waals surface area contributed by atoms with Crippen molar-refractivity contribution in [3.05, 3.63) is 32.6 Å². The Morgan fingerprint density at radius 1 is 1.32 bits per heavy atom. The lowest BCUT2D eigenvalue weighted by molar-refractivity contribution is -0.121. The molecule has 2 N–H and O–H groups in total. The van der Waals surface area contributed by atoms with Gasteiger partial charge in [0.2, 0.25) is 5.91 Å². The van der Waals surface area contributed by atoms with Crippen molar-refractivity contribution in [2.75, 3.05) is 0 Å². The average molecular weight is 323 g/mol. The highest BCUT2D eigenvalue weighted by atomic mass is 32.1. The number of hydrogen-bond donors (Lipinski definition) is 2. The summed E-state index contributed by atoms with van der Waals surface area (Å²) >= 11 is 1.08. The number of aryl methyl sites for hydroxylation is 3. The van der Waals surface area contributed by atoms with Crippen LogP contribution < -0.4 is 5.32 Å². The van der Waals surface area contributed by atoms with Crippen LogP contribution in [0.25, 0.3) is 0 Å². The first-order valence-corrected chi connectivity index (χ1v) is 7.53. The fourth-order valence-electron chi connectivity index (χ4n) is 2.07. The van der Waals surface area contributed by atoms with Crippen molar-refractivity contribution in [2.24, 2.45) is 0 Å². The van der Waals surface area contributed by atoms with Crippen molar-refractivity contribution in [1.82, 2.24) is 15.5 Å². The molecule has 0 aliphatic rings. The number of rotatable bonds is 5. The van der Waals surface area contributed by atoms with Gasteiger partial charge in [-0.05, 0) is 27.7 Å². The van der Waals surface area contributed by atoms with E-state index in [2.05, 4.69) is 15.5 Å². The van der Waals surface area contributed by atoms with Gasteiger partial charge in [-0.3, -0.25) is 4.79 Å². The minimum Gasteiger partial charge on any atom is -0.477 e. The van der Waals surface area contributed by atoms with Crippen molar-refractivity contribution < 1.29 is 19.2 Å². The summed E-state index contributed by atoms with van der Waals surface area (Å²) in [6.45, 7) is 6.96. The Kier molecular flexibility index (Phi) is 4.60. The van der Waals surface area contributed by atoms with Gasteiger partial charge in [0.15, 0.2) is 0 Å². The van der Waals surface area contributed by atoms with E-state index in [4.69, 9.17) is 9.63 Å². The van der Waals surface area contributed by atoms with Gasteiger partial charge < -0.3 is 14.9 Å². The van der Waals surface area contributed by atoms with Gasteiger partial charge in [-0.1, -0.05) is 5.16 Å². The molecule has 8 heteroatoms. The SMILES string of the molecule is Cc1nc(C(C)NC(=O)Cc2c(C)noc2C)sc1C(=O)O. The molecule has 1 amide bonds. The number of aromatic carboxylic acids is 1. The number of amides is 1. The van der Waals surface area contributed by atoms with E-state index in [0.29, 0.717) is 22.2 Å². The predicted molar refractivity (Wildman–Crippen MR) is 80.0 cm³/mol. The lowest BCUT2D eigenvalue weighted by atomic mass is 10.1. The first-order chi connectivity index (χ1) is 10.3. The monoisotopic (exact) mass is 323 g/mol. The third-order valence-corrected chi connectivity index (χ3v) is 4.60. The minimum absolute atomic E-state index is 0.168. The van der Waals surface area contributed by atoms with E-state index in [0.717, 1.165) is 16.9 Å². The molecule has 118 valence electrons. The highest BCUT2D eigenvalue weighted by Gasteiger charge is 2.20. The van der Waals surface area contributed by atoms with Gasteiger partial charge in [0.1, 0.15) is 15.6 Å². The molecular weight excluding hydrogens is 306 g/mol. The largest absolute Gasteiger partial charge is 0.477 e. The summed E-state index contributed by atoms with van der Waals surface area (Å²) in [5.41, 5.74) is 1.92. The smallest absolute Gasteiger partial charge is 0.347 e. The van der Waals surface area contributed by atoms with Crippen LogP contribution >= 0.6 is 11.3 Å². The Bertz CT molecular complexity index is 700. The van der Waals surface area contributed by atoms with E-state index < -0.39 is 5.97 Å². The number of aromatic nitrogens is 2. The highest BCUT2D eigenvalue weighted by molar-refractivity contribution is 7.13. The Labute approximate surface area is 131 Å². The summed E-state index contributed by atoms with van der Waals surface area (Å²) in [6.07, 6.45) is 0.168. The van der Waals surface area contributed by atoms with Crippen molar-refractivity contribution >= 4 is 23.2 Å². The molecule has 0 bridgehead atoms. The zero-order chi connectivity index (χ0) is 16.4. The van der Waals surface area contributed by atoms with Crippen LogP contribution in [-0.4, -0.2) is 27.1 Å². The van der Waals surface area contributed by atoms with Gasteiger partial charge in [-0.2, -0.15) is 0 Å². The molecule has 22 heavy (non-hydrogen) atoms. The maximum absolute atomic E-state index is 12.1. The van der Waals surface area contributed by atoms with Crippen LogP contribution in [-0.2, 0) is 11.2 Å². The Balaban J connectivity index is 2.05. The van der Waals surface area contributed by atoms with E-state index in [-0.39, 0.29) is 23.2 Å². The zero-order valence-electron chi connectivity index (χ0n) is 12.8. The molecule has 1 unspecified atom stereocenters. The summed E-state index contributed by atoms with van der Waals surface area (Å²) in [6, 6.07) is -0.357. The standard InChI is InChI=1S/C14H17N3O4S/c1-6-10(9(4)21-17-6)5-11(18)15-8(3)13-16-7(2)12(22-13)14(19)20/h8H,5H2,1-4H3,(H,15,18)(H,19,20). The number of carbonyl (C=O) groups is 2. The van der Waals surface area contributed by atoms with E-state index in [1.807, 2.05) is 0 Å². The molecular formula is C14H17N3O4S. The van der Waals surface area contributed by atoms with Crippen molar-refractivity contribution in [2.45, 2.75) is 40.2 Å². The Hall–Kier alpha value is -2.22. The molecule has 0 aromatic carbocycles. The highest BCUT2D eigenvalue weighted by Crippen LogP contribution is 2.23. The number of nitrogens with one attached hydrogen (secondary N) is 1. The van der Waals surface area contributed by atoms with Crippen LogP contribution in [0.15, 0.2) is 4.52 Å². The summed E-state index contributed by atoms with van der Waals surface area (Å²) < 4.78 is 5.03. The second kappa shape index (κ2) is 6.27. The normalized spacial score (nSPS) is 12.2. The number of carboxylic acids is 1. The molecule has 2 aromatic heterocycles. The van der Waals surface area contributed by atoms with E-state index in [1.165, 1.54) is 0 Å². The summed E-state index contributed by atoms with van der Waals surface area (Å²) in [7, 11) is 0. The quantitative estimate of drug-likeness (QED) is 0.873. The van der Waals surface area contributed by atoms with Gasteiger partial charge >= 0.3 is 5.97 Å². The maximum Gasteiger partial charge on any atom is 0.347 e. The van der Waals surface area contributed by atoms with Crippen LogP contribution in [0.1, 0.15) is 50.4 Å². The van der Waals surface area contributed by atoms with E-state index in [1.54, 1.807) is 27.7 Å². The minimum atomic E-state index is -1.00. The zero-order valence-corrected chi connectivity index (χ0v) is 13.6. The summed E-state index contributed by atoms with van der Waals surface area (Å²) in [5, 5.41) is 16.2. The Morgan fingerprint density at radius 2 is 2.00 bits per heavy atom. The molecule has 2 heterocycles. The first kappa shape index (κ1) is 16.2. The maximum atomic E-state index is 12.1. The van der Waals surface area contributed by atoms with Crippen molar-refractivity contribution in [3.63, 3.8) is 0 Å². The summed E-state index contributed by atoms with van der Waals surface area (Å²) in [4.78, 5) is 27.5. The van der Waals surface area contributed by atoms with Crippen LogP contribution in [0.4, 0.5) is 0 Å². The number of thiazole rings is 1. The van der Waals surface area contributed by atoms with Crippen LogP contribution in [0.5, 0.6) is 0 Å². The van der Waals surface area contributed by atoms with Gasteiger partial charge in [-0.25, -0.2) is 9.78 Å². The predicted octanol–water partition coefficient (Wildman–Crippen LogP) is 2.17. The second-order valence-electron chi connectivity index (χ2n) is 5.04. The average Bonchev–Trinajstić information content (AvgIpc) is 2.96. The van der Waals surface area contributed by atoms with Crippen molar-refractivity contribution in [3.8, 4) is 0 Å². The number of hydrogen-bond acceptors (Lipinski definition) is 6. The van der Waals surface area contributed by atoms with Gasteiger partial charge in [-0.15, -0.1) is 11.3 Å². The molecule has 2 aromatic rings. The molecule has 0 fully saturated rings. The van der Waals surface area contributed by atoms with Gasteiger partial charge in [0, 0.05) is 5.56 Å². The topological polar surface area (TPSA) is 105 Å². The molecule has 0 aliphatic heterocycles. The second-order valence-corrected chi connectivity index (χ2v) is 6.07. The molecule has 0 saturated carbocycles. The number of carbonyl (C=O) groups excluding carboxylic acids is 1. The fourth-order valence-corrected chi connectivity index (χ4v) is 2.98. The molecule has 0 saturated heterocycles. The number of nitrogens with zero attached hydrogens (tertiary/aromatic N) is 2. The van der Waals surface area contributed by atoms with Crippen molar-refractivity contribution in [1.29, 1.82) is 0 Å². The summed E-state index contributed by atoms with van der Waals surface area (Å²) in [5.74, 6) is -0.569. The Morgan fingerprint density at radius 3 is 2.50 bits per heavy atom. The van der Waals surface area contributed by atoms with E-state index >= 15 is 0 Å². The molecule has 0 radical (unpaired) electrons. The van der Waals surface area contributed by atoms with Gasteiger partial charge in [0.05, 0.1) is 23.9 Å². The van der Waals surface area contributed by atoms with Gasteiger partial charge in [0.25, 0.3) is 0 Å². The van der Waals surface area contributed by atoms with Crippen LogP contribution in [0, 0.1) is 20.8 Å². The lowest BCUT2D eigenvalue weighted by Gasteiger charge is -2.11. The third kappa shape index (κ3) is 3.33. The van der Waals surface area contributed by atoms with Crippen LogP contribution in [0.3, 0.4) is 0 Å². The van der Waals surface area contributed by atoms with Crippen LogP contribution in [0.2, 0.25) is 0 Å². The lowest BCUT2D eigenvalue weighted by Crippen LogP contribution is -2.28.